The van der Waals surface area contributed by atoms with Gasteiger partial charge in [-0.25, -0.2) is 0 Å². The lowest BCUT2D eigenvalue weighted by molar-refractivity contribution is 0.397. The zero-order valence-corrected chi connectivity index (χ0v) is 7.96. The van der Waals surface area contributed by atoms with Gasteiger partial charge in [0.15, 0.2) is 11.5 Å². The van der Waals surface area contributed by atoms with Crippen molar-refractivity contribution in [3.05, 3.63) is 22.8 Å². The molecule has 0 aliphatic heterocycles. The van der Waals surface area contributed by atoms with Crippen LogP contribution in [0.15, 0.2) is 6.07 Å². The van der Waals surface area contributed by atoms with Crippen molar-refractivity contribution >= 4 is 0 Å². The maximum atomic E-state index is 9.50. The summed E-state index contributed by atoms with van der Waals surface area (Å²) in [6.07, 6.45) is 0.723. The molecule has 3 heteroatoms. The van der Waals surface area contributed by atoms with Crippen LogP contribution in [0, 0.1) is 13.8 Å². The first-order valence-corrected chi connectivity index (χ1v) is 4.29. The van der Waals surface area contributed by atoms with Gasteiger partial charge in [-0.1, -0.05) is 6.07 Å². The van der Waals surface area contributed by atoms with Crippen molar-refractivity contribution in [1.82, 2.24) is 0 Å². The standard InChI is InChI=1S/C10H15NO2/c1-6-5-8(3-4-11)7(2)10(13)9(6)12/h5,12-13H,3-4,11H2,1-2H3. The third kappa shape index (κ3) is 1.75. The second-order valence-corrected chi connectivity index (χ2v) is 3.21. The van der Waals surface area contributed by atoms with E-state index in [-0.39, 0.29) is 11.5 Å². The number of benzene rings is 1. The molecule has 0 aliphatic carbocycles. The first-order valence-electron chi connectivity index (χ1n) is 4.29. The molecule has 0 saturated carbocycles. The fraction of sp³-hybridized carbons (Fsp3) is 0.400. The number of phenolic OH excluding ortho intramolecular Hbond substituents is 2. The van der Waals surface area contributed by atoms with E-state index in [2.05, 4.69) is 0 Å². The third-order valence-corrected chi connectivity index (χ3v) is 2.24. The SMILES string of the molecule is Cc1cc(CCN)c(C)c(O)c1O. The summed E-state index contributed by atoms with van der Waals surface area (Å²) in [6, 6.07) is 1.86. The minimum atomic E-state index is -0.0294. The van der Waals surface area contributed by atoms with Gasteiger partial charge < -0.3 is 15.9 Å². The molecular formula is C10H15NO2. The van der Waals surface area contributed by atoms with Gasteiger partial charge in [-0.15, -0.1) is 0 Å². The zero-order valence-electron chi connectivity index (χ0n) is 7.96. The molecule has 0 fully saturated rings. The molecule has 0 bridgehead atoms. The monoisotopic (exact) mass is 181 g/mol. The van der Waals surface area contributed by atoms with Crippen molar-refractivity contribution in [2.75, 3.05) is 6.54 Å². The summed E-state index contributed by atoms with van der Waals surface area (Å²) in [6.45, 7) is 4.08. The second kappa shape index (κ2) is 3.66. The highest BCUT2D eigenvalue weighted by Crippen LogP contribution is 2.34. The molecule has 13 heavy (non-hydrogen) atoms. The molecule has 0 atom stereocenters. The van der Waals surface area contributed by atoms with Crippen molar-refractivity contribution in [2.45, 2.75) is 20.3 Å². The Kier molecular flexibility index (Phi) is 2.78. The molecule has 0 aliphatic rings. The molecule has 72 valence electrons. The summed E-state index contributed by atoms with van der Waals surface area (Å²) in [4.78, 5) is 0. The molecule has 1 aromatic carbocycles. The molecule has 0 aromatic heterocycles. The van der Waals surface area contributed by atoms with E-state index < -0.39 is 0 Å². The molecule has 0 amide bonds. The summed E-state index contributed by atoms with van der Waals surface area (Å²) in [5.41, 5.74) is 7.82. The topological polar surface area (TPSA) is 66.5 Å². The summed E-state index contributed by atoms with van der Waals surface area (Å²) in [5.74, 6) is -0.0540. The largest absolute Gasteiger partial charge is 0.504 e. The highest BCUT2D eigenvalue weighted by molar-refractivity contribution is 5.52. The fourth-order valence-electron chi connectivity index (χ4n) is 1.37. The Balaban J connectivity index is 3.24. The van der Waals surface area contributed by atoms with Crippen LogP contribution < -0.4 is 5.73 Å². The van der Waals surface area contributed by atoms with Crippen molar-refractivity contribution in [3.8, 4) is 11.5 Å². The van der Waals surface area contributed by atoms with Crippen LogP contribution in [0.5, 0.6) is 11.5 Å². The maximum Gasteiger partial charge on any atom is 0.160 e. The normalized spacial score (nSPS) is 10.4. The lowest BCUT2D eigenvalue weighted by Crippen LogP contribution is -2.04. The van der Waals surface area contributed by atoms with Crippen LogP contribution in [0.3, 0.4) is 0 Å². The van der Waals surface area contributed by atoms with E-state index in [1.54, 1.807) is 13.8 Å². The van der Waals surface area contributed by atoms with E-state index >= 15 is 0 Å². The highest BCUT2D eigenvalue weighted by atomic mass is 16.3. The molecule has 0 saturated heterocycles. The number of aromatic hydroxyl groups is 2. The highest BCUT2D eigenvalue weighted by Gasteiger charge is 2.10. The van der Waals surface area contributed by atoms with E-state index in [4.69, 9.17) is 5.73 Å². The van der Waals surface area contributed by atoms with Crippen molar-refractivity contribution in [2.24, 2.45) is 5.73 Å². The number of rotatable bonds is 2. The minimum absolute atomic E-state index is 0.0246. The van der Waals surface area contributed by atoms with Gasteiger partial charge in [0, 0.05) is 0 Å². The molecule has 0 radical (unpaired) electrons. The van der Waals surface area contributed by atoms with Crippen LogP contribution in [0.4, 0.5) is 0 Å². The first kappa shape index (κ1) is 9.86. The molecule has 3 nitrogen and oxygen atoms in total. The van der Waals surface area contributed by atoms with Crippen LogP contribution in [0.1, 0.15) is 16.7 Å². The maximum absolute atomic E-state index is 9.50. The van der Waals surface area contributed by atoms with Gasteiger partial charge in [-0.2, -0.15) is 0 Å². The Morgan fingerprint density at radius 1 is 1.23 bits per heavy atom. The number of aryl methyl sites for hydroxylation is 1. The molecular weight excluding hydrogens is 166 g/mol. The average Bonchev–Trinajstić information content (AvgIpc) is 2.11. The lowest BCUT2D eigenvalue weighted by Gasteiger charge is -2.10. The summed E-state index contributed by atoms with van der Waals surface area (Å²) < 4.78 is 0. The van der Waals surface area contributed by atoms with Crippen LogP contribution in [-0.2, 0) is 6.42 Å². The zero-order chi connectivity index (χ0) is 10.0. The number of phenols is 2. The summed E-state index contributed by atoms with van der Waals surface area (Å²) >= 11 is 0. The van der Waals surface area contributed by atoms with Gasteiger partial charge in [0.1, 0.15) is 0 Å². The average molecular weight is 181 g/mol. The van der Waals surface area contributed by atoms with E-state index in [1.165, 1.54) is 0 Å². The van der Waals surface area contributed by atoms with E-state index in [0.717, 1.165) is 12.0 Å². The molecule has 4 N–H and O–H groups in total. The van der Waals surface area contributed by atoms with Crippen LogP contribution >= 0.6 is 0 Å². The molecule has 1 aromatic rings. The van der Waals surface area contributed by atoms with Gasteiger partial charge in [0.25, 0.3) is 0 Å². The predicted octanol–water partition coefficient (Wildman–Crippen LogP) is 1.22. The summed E-state index contributed by atoms with van der Waals surface area (Å²) in [7, 11) is 0. The number of hydrogen-bond donors (Lipinski definition) is 3. The Hall–Kier alpha value is -1.22. The molecule has 0 unspecified atom stereocenters. The van der Waals surface area contributed by atoms with E-state index in [9.17, 15) is 10.2 Å². The second-order valence-electron chi connectivity index (χ2n) is 3.21. The molecule has 0 spiro atoms. The predicted molar refractivity (Wildman–Crippen MR) is 52.0 cm³/mol. The van der Waals surface area contributed by atoms with Crippen molar-refractivity contribution in [3.63, 3.8) is 0 Å². The van der Waals surface area contributed by atoms with Gasteiger partial charge in [-0.3, -0.25) is 0 Å². The van der Waals surface area contributed by atoms with Crippen LogP contribution in [-0.4, -0.2) is 16.8 Å². The molecule has 1 rings (SSSR count). The number of nitrogens with two attached hydrogens (primary N) is 1. The van der Waals surface area contributed by atoms with Gasteiger partial charge in [0.2, 0.25) is 0 Å². The Morgan fingerprint density at radius 2 is 1.85 bits per heavy atom. The lowest BCUT2D eigenvalue weighted by atomic mass is 10.0. The van der Waals surface area contributed by atoms with E-state index in [0.29, 0.717) is 17.7 Å². The van der Waals surface area contributed by atoms with E-state index in [1.807, 2.05) is 6.07 Å². The minimum Gasteiger partial charge on any atom is -0.504 e. The van der Waals surface area contributed by atoms with Gasteiger partial charge >= 0.3 is 0 Å². The Bertz CT molecular complexity index is 321. The van der Waals surface area contributed by atoms with Gasteiger partial charge in [0.05, 0.1) is 0 Å². The Labute approximate surface area is 77.8 Å². The number of hydrogen-bond acceptors (Lipinski definition) is 3. The quantitative estimate of drug-likeness (QED) is 0.601. The third-order valence-electron chi connectivity index (χ3n) is 2.24. The summed E-state index contributed by atoms with van der Waals surface area (Å²) in [5, 5.41) is 18.9. The van der Waals surface area contributed by atoms with Crippen molar-refractivity contribution < 1.29 is 10.2 Å². The Morgan fingerprint density at radius 3 is 2.38 bits per heavy atom. The van der Waals surface area contributed by atoms with Crippen LogP contribution in [0.25, 0.3) is 0 Å². The van der Waals surface area contributed by atoms with Gasteiger partial charge in [-0.05, 0) is 43.5 Å². The smallest absolute Gasteiger partial charge is 0.160 e. The first-order chi connectivity index (χ1) is 6.07. The molecule has 0 heterocycles. The van der Waals surface area contributed by atoms with Crippen LogP contribution in [0.2, 0.25) is 0 Å². The van der Waals surface area contributed by atoms with Crippen molar-refractivity contribution in [1.29, 1.82) is 0 Å². The fourth-order valence-corrected chi connectivity index (χ4v) is 1.37.